The van der Waals surface area contributed by atoms with Crippen LogP contribution in [0.3, 0.4) is 0 Å². The molecule has 0 spiro atoms. The Hall–Kier alpha value is -3.87. The number of aromatic carboxylic acids is 1. The highest BCUT2D eigenvalue weighted by atomic mass is 35.5. The zero-order valence-corrected chi connectivity index (χ0v) is 20.6. The number of nitrogens with zero attached hydrogens (tertiary/aromatic N) is 7. The summed E-state index contributed by atoms with van der Waals surface area (Å²) in [5.74, 6) is 0.291. The van der Waals surface area contributed by atoms with Crippen molar-refractivity contribution < 1.29 is 9.90 Å². The van der Waals surface area contributed by atoms with Crippen LogP contribution in [0.1, 0.15) is 33.8 Å². The molecule has 1 aliphatic heterocycles. The normalized spacial score (nSPS) is 14.4. The van der Waals surface area contributed by atoms with E-state index in [1.165, 1.54) is 17.1 Å². The second-order valence-electron chi connectivity index (χ2n) is 7.92. The van der Waals surface area contributed by atoms with E-state index >= 15 is 0 Å². The molecule has 182 valence electrons. The number of carboxylic acid groups (broad SMARTS) is 1. The zero-order valence-electron chi connectivity index (χ0n) is 18.2. The van der Waals surface area contributed by atoms with Crippen LogP contribution < -0.4 is 5.56 Å². The number of nitrogens with one attached hydrogen (secondary N) is 1. The number of carboxylic acids is 1. The third-order valence-electron chi connectivity index (χ3n) is 5.84. The van der Waals surface area contributed by atoms with Gasteiger partial charge in [0.1, 0.15) is 22.9 Å². The summed E-state index contributed by atoms with van der Waals surface area (Å²) in [5, 5.41) is 22.7. The number of benzene rings is 1. The first kappa shape index (κ1) is 23.9. The molecule has 5 heterocycles. The van der Waals surface area contributed by atoms with Crippen molar-refractivity contribution in [3.8, 4) is 28.2 Å². The molecule has 1 atom stereocenters. The number of rotatable bonds is 5. The van der Waals surface area contributed by atoms with E-state index in [9.17, 15) is 14.7 Å². The van der Waals surface area contributed by atoms with Crippen LogP contribution in [0.4, 0.5) is 0 Å². The molecule has 0 aliphatic carbocycles. The lowest BCUT2D eigenvalue weighted by Gasteiger charge is -2.14. The Balaban J connectivity index is 0.00000267. The summed E-state index contributed by atoms with van der Waals surface area (Å²) in [7, 11) is 0. The fourth-order valence-corrected chi connectivity index (χ4v) is 5.18. The van der Waals surface area contributed by atoms with Crippen molar-refractivity contribution in [3.05, 3.63) is 80.1 Å². The second kappa shape index (κ2) is 9.30. The predicted molar refractivity (Wildman–Crippen MR) is 134 cm³/mol. The van der Waals surface area contributed by atoms with Crippen molar-refractivity contribution in [1.82, 2.24) is 39.7 Å². The smallest absolute Gasteiger partial charge is 0.345 e. The molecule has 5 aromatic rings. The van der Waals surface area contributed by atoms with E-state index in [-0.39, 0.29) is 28.9 Å². The molecule has 0 fully saturated rings. The minimum absolute atomic E-state index is 0. The number of H-pyrrole nitrogens is 1. The summed E-state index contributed by atoms with van der Waals surface area (Å²) in [6, 6.07) is 8.00. The van der Waals surface area contributed by atoms with E-state index in [1.54, 1.807) is 40.4 Å². The van der Waals surface area contributed by atoms with E-state index < -0.39 is 5.97 Å². The van der Waals surface area contributed by atoms with Gasteiger partial charge >= 0.3 is 5.97 Å². The summed E-state index contributed by atoms with van der Waals surface area (Å²) < 4.78 is 3.13. The standard InChI is InChI=1S/C22H15ClN8O3S.ClH/c23-12-1-2-16(30-10-25-28-29-30)13(6-12)14-7-20(32)31-17(3-4-19(31)26-14)21-24-8-15(27-21)11-5-18(22(33)34)35-9-11;/h1-2,5-10,17H,3-4H2,(H,24,27)(H,33,34);1H/t17-;/m0./s1. The number of aryl methyl sites for hydroxylation is 1. The number of carbonyl (C=O) groups is 1. The van der Waals surface area contributed by atoms with Gasteiger partial charge in [-0.3, -0.25) is 9.36 Å². The number of halogens is 2. The quantitative estimate of drug-likeness (QED) is 0.342. The van der Waals surface area contributed by atoms with E-state index in [4.69, 9.17) is 16.6 Å². The largest absolute Gasteiger partial charge is 0.477 e. The van der Waals surface area contributed by atoms with Gasteiger partial charge in [-0.1, -0.05) is 11.6 Å². The molecule has 0 saturated carbocycles. The fourth-order valence-electron chi connectivity index (χ4n) is 4.27. The first-order valence-corrected chi connectivity index (χ1v) is 11.8. The average Bonchev–Trinajstić information content (AvgIpc) is 3.64. The molecule has 1 aromatic carbocycles. The molecular formula is C22H16Cl2N8O3S. The highest BCUT2D eigenvalue weighted by molar-refractivity contribution is 7.12. The van der Waals surface area contributed by atoms with Crippen LogP contribution in [0.5, 0.6) is 0 Å². The highest BCUT2D eigenvalue weighted by Gasteiger charge is 2.29. The van der Waals surface area contributed by atoms with Crippen LogP contribution in [-0.4, -0.2) is 50.8 Å². The topological polar surface area (TPSA) is 144 Å². The lowest BCUT2D eigenvalue weighted by atomic mass is 10.1. The molecule has 0 unspecified atom stereocenters. The fraction of sp³-hybridized carbons (Fsp3) is 0.136. The van der Waals surface area contributed by atoms with Gasteiger partial charge in [0.05, 0.1) is 29.3 Å². The molecule has 4 aromatic heterocycles. The SMILES string of the molecule is Cl.O=C(O)c1cc(-c2cnc([C@@H]3CCc4nc(-c5cc(Cl)ccc5-n5cnnn5)cc(=O)n43)[nH]2)cs1. The van der Waals surface area contributed by atoms with E-state index in [2.05, 4.69) is 25.5 Å². The number of thiophene rings is 1. The summed E-state index contributed by atoms with van der Waals surface area (Å²) in [6.07, 6.45) is 4.35. The molecular weight excluding hydrogens is 527 g/mol. The van der Waals surface area contributed by atoms with Crippen molar-refractivity contribution in [1.29, 1.82) is 0 Å². The van der Waals surface area contributed by atoms with Crippen LogP contribution in [-0.2, 0) is 6.42 Å². The lowest BCUT2D eigenvalue weighted by molar-refractivity contribution is 0.0702. The highest BCUT2D eigenvalue weighted by Crippen LogP contribution is 2.33. The molecule has 1 aliphatic rings. The number of fused-ring (bicyclic) bond motifs is 1. The molecule has 6 rings (SSSR count). The Kier molecular flexibility index (Phi) is 6.16. The minimum Gasteiger partial charge on any atom is -0.477 e. The van der Waals surface area contributed by atoms with Gasteiger partial charge < -0.3 is 10.1 Å². The first-order chi connectivity index (χ1) is 17.0. The molecule has 0 saturated heterocycles. The third kappa shape index (κ3) is 4.08. The van der Waals surface area contributed by atoms with Crippen LogP contribution in [0, 0.1) is 0 Å². The number of hydrogen-bond donors (Lipinski definition) is 2. The second-order valence-corrected chi connectivity index (χ2v) is 9.27. The van der Waals surface area contributed by atoms with Crippen molar-refractivity contribution >= 4 is 41.3 Å². The molecule has 0 bridgehead atoms. The molecule has 0 amide bonds. The summed E-state index contributed by atoms with van der Waals surface area (Å²) in [4.78, 5) is 37.2. The zero-order chi connectivity index (χ0) is 24.1. The third-order valence-corrected chi connectivity index (χ3v) is 6.99. The van der Waals surface area contributed by atoms with Gasteiger partial charge in [0.2, 0.25) is 0 Å². The molecule has 0 radical (unpaired) electrons. The number of hydrogen-bond acceptors (Lipinski definition) is 8. The molecule has 2 N–H and O–H groups in total. The molecule has 11 nitrogen and oxygen atoms in total. The van der Waals surface area contributed by atoms with Gasteiger partial charge in [0.15, 0.2) is 0 Å². The minimum atomic E-state index is -0.970. The Morgan fingerprint density at radius 2 is 2.11 bits per heavy atom. The maximum Gasteiger partial charge on any atom is 0.345 e. The van der Waals surface area contributed by atoms with Crippen molar-refractivity contribution in [2.75, 3.05) is 0 Å². The average molecular weight is 543 g/mol. The summed E-state index contributed by atoms with van der Waals surface area (Å²) in [5.41, 5.74) is 2.99. The van der Waals surface area contributed by atoms with Crippen LogP contribution in [0.15, 0.2) is 53.0 Å². The molecule has 14 heteroatoms. The predicted octanol–water partition coefficient (Wildman–Crippen LogP) is 3.65. The first-order valence-electron chi connectivity index (χ1n) is 10.5. The number of aromatic amines is 1. The van der Waals surface area contributed by atoms with Crippen molar-refractivity contribution in [2.24, 2.45) is 0 Å². The van der Waals surface area contributed by atoms with Gasteiger partial charge in [-0.15, -0.1) is 28.8 Å². The van der Waals surface area contributed by atoms with E-state index in [0.29, 0.717) is 52.2 Å². The lowest BCUT2D eigenvalue weighted by Crippen LogP contribution is -2.25. The monoisotopic (exact) mass is 542 g/mol. The van der Waals surface area contributed by atoms with Gasteiger partial charge in [0, 0.05) is 34.0 Å². The van der Waals surface area contributed by atoms with Crippen molar-refractivity contribution in [2.45, 2.75) is 18.9 Å². The van der Waals surface area contributed by atoms with Crippen molar-refractivity contribution in [3.63, 3.8) is 0 Å². The maximum atomic E-state index is 13.3. The van der Waals surface area contributed by atoms with E-state index in [0.717, 1.165) is 16.9 Å². The van der Waals surface area contributed by atoms with Gasteiger partial charge in [-0.05, 0) is 41.1 Å². The van der Waals surface area contributed by atoms with Crippen LogP contribution >= 0.6 is 35.3 Å². The Morgan fingerprint density at radius 3 is 2.86 bits per heavy atom. The van der Waals surface area contributed by atoms with Gasteiger partial charge in [0.25, 0.3) is 5.56 Å². The Bertz CT molecular complexity index is 1640. The molecule has 36 heavy (non-hydrogen) atoms. The van der Waals surface area contributed by atoms with Gasteiger partial charge in [-0.25, -0.2) is 14.8 Å². The van der Waals surface area contributed by atoms with Gasteiger partial charge in [-0.2, -0.15) is 4.68 Å². The Morgan fingerprint density at radius 1 is 1.25 bits per heavy atom. The number of tetrazole rings is 1. The van der Waals surface area contributed by atoms with Crippen LogP contribution in [0.2, 0.25) is 5.02 Å². The number of imidazole rings is 1. The summed E-state index contributed by atoms with van der Waals surface area (Å²) in [6.45, 7) is 0. The summed E-state index contributed by atoms with van der Waals surface area (Å²) >= 11 is 7.39. The maximum absolute atomic E-state index is 13.3. The number of aromatic nitrogens is 8. The van der Waals surface area contributed by atoms with Crippen LogP contribution in [0.25, 0.3) is 28.2 Å². The Labute approximate surface area is 217 Å². The van der Waals surface area contributed by atoms with E-state index in [1.807, 2.05) is 0 Å².